The average Bonchev–Trinajstić information content (AvgIpc) is 3.53. The molecule has 0 aromatic rings. The van der Waals surface area contributed by atoms with Crippen molar-refractivity contribution < 1.29 is 42.8 Å². The Labute approximate surface area is 378 Å². The van der Waals surface area contributed by atoms with Gasteiger partial charge in [0.25, 0.3) is 0 Å². The van der Waals surface area contributed by atoms with Crippen LogP contribution in [0.1, 0.15) is 195 Å². The molecule has 356 valence electrons. The van der Waals surface area contributed by atoms with Gasteiger partial charge in [-0.2, -0.15) is 0 Å². The average molecular weight is 872 g/mol. The molecule has 62 heavy (non-hydrogen) atoms. The monoisotopic (exact) mass is 872 g/mol. The maximum atomic E-state index is 13.0. The highest BCUT2D eigenvalue weighted by atomic mass is 16.7. The number of hydrogen-bond donors (Lipinski definition) is 0. The van der Waals surface area contributed by atoms with Gasteiger partial charge in [-0.1, -0.05) is 108 Å². The van der Waals surface area contributed by atoms with Crippen LogP contribution in [0, 0.1) is 5.92 Å². The lowest BCUT2D eigenvalue weighted by molar-refractivity contribution is -0.161. The van der Waals surface area contributed by atoms with Crippen LogP contribution in [0.4, 0.5) is 4.79 Å². The molecule has 2 aliphatic rings. The van der Waals surface area contributed by atoms with Crippen molar-refractivity contribution in [3.8, 4) is 0 Å². The molecule has 0 radical (unpaired) electrons. The van der Waals surface area contributed by atoms with Crippen LogP contribution >= 0.6 is 0 Å². The van der Waals surface area contributed by atoms with Crippen molar-refractivity contribution in [3.63, 3.8) is 0 Å². The summed E-state index contributed by atoms with van der Waals surface area (Å²) >= 11 is 0. The molecule has 0 N–H and O–H groups in total. The Balaban J connectivity index is 1.80. The predicted octanol–water partition coefficient (Wildman–Crippen LogP) is 13.1. The lowest BCUT2D eigenvalue weighted by atomic mass is 10.00. The van der Waals surface area contributed by atoms with Crippen molar-refractivity contribution in [2.45, 2.75) is 219 Å². The summed E-state index contributed by atoms with van der Waals surface area (Å²) in [6.45, 7) is 10.7. The summed E-state index contributed by atoms with van der Waals surface area (Å²) in [6.07, 6.45) is 41.4. The number of allylic oxidation sites excluding steroid dienone is 8. The van der Waals surface area contributed by atoms with E-state index in [4.69, 9.17) is 28.4 Å². The third kappa shape index (κ3) is 28.7. The van der Waals surface area contributed by atoms with Crippen LogP contribution in [0.15, 0.2) is 48.6 Å². The molecule has 2 unspecified atom stereocenters. The first-order valence-electron chi connectivity index (χ1n) is 25.1. The van der Waals surface area contributed by atoms with E-state index in [2.05, 4.69) is 81.2 Å². The smallest absolute Gasteiger partial charge is 0.465 e. The van der Waals surface area contributed by atoms with Gasteiger partial charge in [0.1, 0.15) is 25.9 Å². The minimum atomic E-state index is -0.730. The van der Waals surface area contributed by atoms with Gasteiger partial charge in [-0.3, -0.25) is 14.5 Å². The normalized spacial score (nSPS) is 18.5. The van der Waals surface area contributed by atoms with E-state index in [1.54, 1.807) is 0 Å². The Kier molecular flexibility index (Phi) is 34.3. The minimum absolute atomic E-state index is 0.0194. The molecule has 10 heteroatoms. The van der Waals surface area contributed by atoms with Gasteiger partial charge in [0.05, 0.1) is 12.3 Å². The lowest BCUT2D eigenvalue weighted by Crippen LogP contribution is -2.45. The summed E-state index contributed by atoms with van der Waals surface area (Å²) in [7, 11) is 0. The molecule has 0 amide bonds. The highest BCUT2D eigenvalue weighted by molar-refractivity contribution is 5.69. The molecule has 0 aliphatic carbocycles. The van der Waals surface area contributed by atoms with Gasteiger partial charge in [-0.25, -0.2) is 4.79 Å². The number of rotatable bonds is 39. The van der Waals surface area contributed by atoms with Gasteiger partial charge in [-0.15, -0.1) is 0 Å². The van der Waals surface area contributed by atoms with E-state index in [0.717, 1.165) is 129 Å². The van der Waals surface area contributed by atoms with Crippen LogP contribution in [0.2, 0.25) is 0 Å². The van der Waals surface area contributed by atoms with Crippen molar-refractivity contribution in [3.05, 3.63) is 48.6 Å². The molecule has 10 nitrogen and oxygen atoms in total. The highest BCUT2D eigenvalue weighted by Gasteiger charge is 2.41. The summed E-state index contributed by atoms with van der Waals surface area (Å²) in [4.78, 5) is 41.2. The number of ether oxygens (including phenoxy) is 6. The fourth-order valence-corrected chi connectivity index (χ4v) is 8.16. The van der Waals surface area contributed by atoms with E-state index < -0.39 is 24.3 Å². The Morgan fingerprint density at radius 3 is 1.63 bits per heavy atom. The Hall–Kier alpha value is -2.95. The molecular formula is C52H89NO9. The quantitative estimate of drug-likeness (QED) is 0.0195. The largest absolute Gasteiger partial charge is 0.508 e. The van der Waals surface area contributed by atoms with Crippen LogP contribution in [0.25, 0.3) is 0 Å². The van der Waals surface area contributed by atoms with Crippen molar-refractivity contribution in [2.75, 3.05) is 39.6 Å². The molecule has 0 aromatic heterocycles. The zero-order chi connectivity index (χ0) is 44.7. The van der Waals surface area contributed by atoms with Gasteiger partial charge >= 0.3 is 18.1 Å². The van der Waals surface area contributed by atoms with Crippen molar-refractivity contribution in [1.82, 2.24) is 4.90 Å². The molecule has 2 saturated heterocycles. The lowest BCUT2D eigenvalue weighted by Gasteiger charge is -2.37. The first-order chi connectivity index (χ1) is 30.4. The number of nitrogens with zero attached hydrogens (tertiary/aromatic N) is 1. The van der Waals surface area contributed by atoms with E-state index in [-0.39, 0.29) is 38.3 Å². The number of fused-ring (bicyclic) bond motifs is 2. The Morgan fingerprint density at radius 1 is 0.565 bits per heavy atom. The summed E-state index contributed by atoms with van der Waals surface area (Å²) in [5.41, 5.74) is 0. The van der Waals surface area contributed by atoms with Crippen LogP contribution in [-0.4, -0.2) is 87.1 Å². The zero-order valence-corrected chi connectivity index (χ0v) is 39.8. The second-order valence-corrected chi connectivity index (χ2v) is 17.2. The third-order valence-electron chi connectivity index (χ3n) is 11.7. The summed E-state index contributed by atoms with van der Waals surface area (Å²) in [5, 5.41) is 0. The fourth-order valence-electron chi connectivity index (χ4n) is 8.16. The molecule has 4 atom stereocenters. The zero-order valence-electron chi connectivity index (χ0n) is 39.8. The van der Waals surface area contributed by atoms with E-state index in [0.29, 0.717) is 38.1 Å². The first kappa shape index (κ1) is 55.2. The topological polar surface area (TPSA) is 110 Å². The SMILES string of the molecule is CC/C=C\CCCCOC(CCC(=O)OCC(COC(=O)CCCCCCC/C=C\C/C=C\CCCCC)COC(=O)OC1C[C@H]2CC[C@@H](C1)N2CC)OCCCC/C=C\CC. The number of hydrogen-bond acceptors (Lipinski definition) is 10. The minimum Gasteiger partial charge on any atom is -0.465 e. The molecule has 2 aliphatic heterocycles. The van der Waals surface area contributed by atoms with Crippen molar-refractivity contribution in [2.24, 2.45) is 5.92 Å². The van der Waals surface area contributed by atoms with E-state index in [9.17, 15) is 14.4 Å². The molecule has 0 saturated carbocycles. The second-order valence-electron chi connectivity index (χ2n) is 17.2. The van der Waals surface area contributed by atoms with Crippen molar-refractivity contribution in [1.29, 1.82) is 0 Å². The summed E-state index contributed by atoms with van der Waals surface area (Å²) in [5.74, 6) is -1.23. The maximum absolute atomic E-state index is 13.0. The van der Waals surface area contributed by atoms with Crippen LogP contribution in [0.5, 0.6) is 0 Å². The number of carbonyl (C=O) groups is 3. The second kappa shape index (κ2) is 38.5. The molecule has 0 spiro atoms. The van der Waals surface area contributed by atoms with Gasteiger partial charge in [0, 0.05) is 51.0 Å². The number of esters is 2. The van der Waals surface area contributed by atoms with E-state index >= 15 is 0 Å². The third-order valence-corrected chi connectivity index (χ3v) is 11.7. The van der Waals surface area contributed by atoms with E-state index in [1.165, 1.54) is 25.7 Å². The highest BCUT2D eigenvalue weighted by Crippen LogP contribution is 2.36. The maximum Gasteiger partial charge on any atom is 0.508 e. The number of piperidine rings is 1. The molecule has 2 bridgehead atoms. The van der Waals surface area contributed by atoms with Gasteiger partial charge in [0.15, 0.2) is 6.29 Å². The molecule has 2 heterocycles. The summed E-state index contributed by atoms with van der Waals surface area (Å²) < 4.78 is 34.8. The summed E-state index contributed by atoms with van der Waals surface area (Å²) in [6, 6.07) is 0.887. The molecule has 2 rings (SSSR count). The standard InChI is InChI=1S/C52H89NO9/c1-5-9-12-15-18-19-20-21-22-23-24-25-26-27-30-33-49(54)59-42-45(44-61-52(56)62-48-40-46-34-35-47(41-48)53(46)8-4)43-60-50(55)36-37-51(57-38-31-28-16-13-10-6-2)58-39-32-29-17-14-11-7-3/h10-11,13-14,18-19,21-22,45-48,51H,5-9,12,15-17,20,23-44H2,1-4H3/b13-10-,14-11-,19-18-,22-21-/t45?,46-,47+,48?. The Morgan fingerprint density at radius 2 is 1.06 bits per heavy atom. The van der Waals surface area contributed by atoms with Crippen LogP contribution in [-0.2, 0) is 38.0 Å². The Bertz CT molecular complexity index is 1210. The molecule has 0 aromatic carbocycles. The van der Waals surface area contributed by atoms with Crippen LogP contribution < -0.4 is 0 Å². The predicted molar refractivity (Wildman–Crippen MR) is 251 cm³/mol. The molecule has 2 fully saturated rings. The van der Waals surface area contributed by atoms with Gasteiger partial charge < -0.3 is 28.4 Å². The van der Waals surface area contributed by atoms with Crippen LogP contribution in [0.3, 0.4) is 0 Å². The number of unbranched alkanes of at least 4 members (excludes halogenated alkanes) is 12. The van der Waals surface area contributed by atoms with Crippen molar-refractivity contribution >= 4 is 18.1 Å². The first-order valence-corrected chi connectivity index (χ1v) is 25.1. The van der Waals surface area contributed by atoms with Gasteiger partial charge in [0.2, 0.25) is 0 Å². The van der Waals surface area contributed by atoms with Gasteiger partial charge in [-0.05, 0) is 109 Å². The molecular weight excluding hydrogens is 783 g/mol. The number of carbonyl (C=O) groups excluding carboxylic acids is 3. The van der Waals surface area contributed by atoms with E-state index in [1.807, 2.05) is 0 Å². The fraction of sp³-hybridized carbons (Fsp3) is 0.788.